The number of urea groups is 1. The molecule has 1 aromatic rings. The van der Waals surface area contributed by atoms with E-state index in [1.54, 1.807) is 4.90 Å². The summed E-state index contributed by atoms with van der Waals surface area (Å²) < 4.78 is 0. The van der Waals surface area contributed by atoms with Crippen LogP contribution in [-0.4, -0.2) is 42.4 Å². The van der Waals surface area contributed by atoms with E-state index in [1.165, 1.54) is 19.8 Å². The number of nitrogens with one attached hydrogen (secondary N) is 3. The van der Waals surface area contributed by atoms with E-state index >= 15 is 0 Å². The molecule has 1 aliphatic carbocycles. The van der Waals surface area contributed by atoms with Crippen molar-refractivity contribution in [3.8, 4) is 0 Å². The highest BCUT2D eigenvalue weighted by Gasteiger charge is 2.29. The van der Waals surface area contributed by atoms with Crippen LogP contribution in [0.15, 0.2) is 24.3 Å². The SMILES string of the molecule is CC(=O)Nc1cccc(CNC(=O)N2CCCC(C(=O)NCC3CC3)C2)c1. The van der Waals surface area contributed by atoms with Crippen LogP contribution in [0.25, 0.3) is 0 Å². The second-order valence-electron chi connectivity index (χ2n) is 7.51. The van der Waals surface area contributed by atoms with Gasteiger partial charge < -0.3 is 20.9 Å². The average Bonchev–Trinajstić information content (AvgIpc) is 3.48. The Bertz CT molecular complexity index is 702. The van der Waals surface area contributed by atoms with Crippen LogP contribution in [0.4, 0.5) is 10.5 Å². The van der Waals surface area contributed by atoms with Gasteiger partial charge in [-0.3, -0.25) is 9.59 Å². The van der Waals surface area contributed by atoms with Crippen molar-refractivity contribution in [1.82, 2.24) is 15.5 Å². The van der Waals surface area contributed by atoms with Crippen LogP contribution in [0.1, 0.15) is 38.2 Å². The minimum atomic E-state index is -0.153. The molecule has 1 saturated carbocycles. The third kappa shape index (κ3) is 5.98. The standard InChI is InChI=1S/C20H28N4O3/c1-14(25)23-18-6-2-4-16(10-18)12-22-20(27)24-9-3-5-17(13-24)19(26)21-11-15-7-8-15/h2,4,6,10,15,17H,3,5,7-9,11-13H2,1H3,(H,21,26)(H,22,27)(H,23,25). The van der Waals surface area contributed by atoms with Crippen molar-refractivity contribution >= 4 is 23.5 Å². The summed E-state index contributed by atoms with van der Waals surface area (Å²) in [5, 5.41) is 8.67. The molecule has 2 aliphatic rings. The number of likely N-dealkylation sites (tertiary alicyclic amines) is 1. The van der Waals surface area contributed by atoms with Crippen LogP contribution in [0, 0.1) is 11.8 Å². The second kappa shape index (κ2) is 8.88. The minimum Gasteiger partial charge on any atom is -0.356 e. The van der Waals surface area contributed by atoms with Crippen molar-refractivity contribution in [2.24, 2.45) is 11.8 Å². The molecule has 146 valence electrons. The van der Waals surface area contributed by atoms with E-state index in [9.17, 15) is 14.4 Å². The molecule has 1 heterocycles. The van der Waals surface area contributed by atoms with Crippen LogP contribution >= 0.6 is 0 Å². The fraction of sp³-hybridized carbons (Fsp3) is 0.550. The van der Waals surface area contributed by atoms with Crippen LogP contribution in [0.5, 0.6) is 0 Å². The maximum Gasteiger partial charge on any atom is 0.317 e. The van der Waals surface area contributed by atoms with Gasteiger partial charge in [-0.1, -0.05) is 12.1 Å². The predicted octanol–water partition coefficient (Wildman–Crippen LogP) is 2.09. The summed E-state index contributed by atoms with van der Waals surface area (Å²) in [5.41, 5.74) is 1.62. The smallest absolute Gasteiger partial charge is 0.317 e. The lowest BCUT2D eigenvalue weighted by Crippen LogP contribution is -2.48. The van der Waals surface area contributed by atoms with E-state index in [1.807, 2.05) is 24.3 Å². The summed E-state index contributed by atoms with van der Waals surface area (Å²) in [6.45, 7) is 3.74. The molecule has 2 fully saturated rings. The van der Waals surface area contributed by atoms with Gasteiger partial charge in [0.15, 0.2) is 0 Å². The number of amides is 4. The first-order chi connectivity index (χ1) is 13.0. The predicted molar refractivity (Wildman–Crippen MR) is 103 cm³/mol. The van der Waals surface area contributed by atoms with E-state index in [2.05, 4.69) is 16.0 Å². The van der Waals surface area contributed by atoms with Gasteiger partial charge in [-0.15, -0.1) is 0 Å². The second-order valence-corrected chi connectivity index (χ2v) is 7.51. The number of hydrogen-bond acceptors (Lipinski definition) is 3. The highest BCUT2D eigenvalue weighted by molar-refractivity contribution is 5.88. The molecule has 27 heavy (non-hydrogen) atoms. The van der Waals surface area contributed by atoms with Gasteiger partial charge in [0, 0.05) is 38.8 Å². The molecule has 1 atom stereocenters. The number of rotatable bonds is 6. The summed E-state index contributed by atoms with van der Waals surface area (Å²) in [4.78, 5) is 37.7. The summed E-state index contributed by atoms with van der Waals surface area (Å²) in [7, 11) is 0. The first-order valence-electron chi connectivity index (χ1n) is 9.68. The zero-order valence-electron chi connectivity index (χ0n) is 15.8. The molecule has 4 amide bonds. The van der Waals surface area contributed by atoms with Crippen molar-refractivity contribution in [1.29, 1.82) is 0 Å². The van der Waals surface area contributed by atoms with Gasteiger partial charge in [-0.25, -0.2) is 4.79 Å². The largest absolute Gasteiger partial charge is 0.356 e. The molecule has 3 N–H and O–H groups in total. The molecule has 1 aliphatic heterocycles. The molecular formula is C20H28N4O3. The maximum atomic E-state index is 12.5. The Morgan fingerprint density at radius 3 is 2.70 bits per heavy atom. The molecule has 1 saturated heterocycles. The van der Waals surface area contributed by atoms with Gasteiger partial charge in [-0.05, 0) is 49.3 Å². The van der Waals surface area contributed by atoms with Gasteiger partial charge in [0.2, 0.25) is 11.8 Å². The normalized spacial score (nSPS) is 19.3. The first-order valence-corrected chi connectivity index (χ1v) is 9.68. The lowest BCUT2D eigenvalue weighted by Gasteiger charge is -2.32. The van der Waals surface area contributed by atoms with Crippen LogP contribution in [0.2, 0.25) is 0 Å². The minimum absolute atomic E-state index is 0.0717. The van der Waals surface area contributed by atoms with Crippen molar-refractivity contribution in [2.75, 3.05) is 25.0 Å². The zero-order valence-corrected chi connectivity index (χ0v) is 15.8. The Morgan fingerprint density at radius 2 is 1.96 bits per heavy atom. The van der Waals surface area contributed by atoms with E-state index < -0.39 is 0 Å². The highest BCUT2D eigenvalue weighted by Crippen LogP contribution is 2.28. The van der Waals surface area contributed by atoms with E-state index in [0.717, 1.165) is 24.9 Å². The lowest BCUT2D eigenvalue weighted by molar-refractivity contribution is -0.126. The Hall–Kier alpha value is -2.57. The Labute approximate surface area is 159 Å². The van der Waals surface area contributed by atoms with Crippen LogP contribution < -0.4 is 16.0 Å². The molecule has 3 rings (SSSR count). The van der Waals surface area contributed by atoms with Gasteiger partial charge >= 0.3 is 6.03 Å². The molecule has 1 aromatic carbocycles. The van der Waals surface area contributed by atoms with Gasteiger partial charge in [-0.2, -0.15) is 0 Å². The van der Waals surface area contributed by atoms with Crippen LogP contribution in [-0.2, 0) is 16.1 Å². The van der Waals surface area contributed by atoms with Crippen molar-refractivity contribution in [3.05, 3.63) is 29.8 Å². The molecular weight excluding hydrogens is 344 g/mol. The summed E-state index contributed by atoms with van der Waals surface area (Å²) >= 11 is 0. The number of nitrogens with zero attached hydrogens (tertiary/aromatic N) is 1. The highest BCUT2D eigenvalue weighted by atomic mass is 16.2. The molecule has 0 bridgehead atoms. The fourth-order valence-corrected chi connectivity index (χ4v) is 3.34. The van der Waals surface area contributed by atoms with Crippen molar-refractivity contribution < 1.29 is 14.4 Å². The molecule has 1 unspecified atom stereocenters. The summed E-state index contributed by atoms with van der Waals surface area (Å²) in [6, 6.07) is 7.23. The molecule has 7 heteroatoms. The first kappa shape index (κ1) is 19.2. The topological polar surface area (TPSA) is 90.5 Å². The zero-order chi connectivity index (χ0) is 19.2. The monoisotopic (exact) mass is 372 g/mol. The third-order valence-electron chi connectivity index (χ3n) is 5.03. The summed E-state index contributed by atoms with van der Waals surface area (Å²) in [6.07, 6.45) is 4.09. The molecule has 7 nitrogen and oxygen atoms in total. The van der Waals surface area contributed by atoms with Gasteiger partial charge in [0.05, 0.1) is 5.92 Å². The van der Waals surface area contributed by atoms with Crippen molar-refractivity contribution in [3.63, 3.8) is 0 Å². The van der Waals surface area contributed by atoms with E-state index in [4.69, 9.17) is 0 Å². The number of hydrogen-bond donors (Lipinski definition) is 3. The maximum absolute atomic E-state index is 12.5. The number of carbonyl (C=O) groups excluding carboxylic acids is 3. The van der Waals surface area contributed by atoms with Gasteiger partial charge in [0.25, 0.3) is 0 Å². The average molecular weight is 372 g/mol. The summed E-state index contributed by atoms with van der Waals surface area (Å²) in [5.74, 6) is 0.481. The number of benzene rings is 1. The molecule has 0 spiro atoms. The number of piperidine rings is 1. The fourth-order valence-electron chi connectivity index (χ4n) is 3.34. The van der Waals surface area contributed by atoms with E-state index in [0.29, 0.717) is 31.2 Å². The van der Waals surface area contributed by atoms with Gasteiger partial charge in [0.1, 0.15) is 0 Å². The quantitative estimate of drug-likeness (QED) is 0.714. The molecule has 0 aromatic heterocycles. The Kier molecular flexibility index (Phi) is 6.32. The van der Waals surface area contributed by atoms with E-state index in [-0.39, 0.29) is 23.8 Å². The molecule has 0 radical (unpaired) electrons. The number of carbonyl (C=O) groups is 3. The Morgan fingerprint density at radius 1 is 1.15 bits per heavy atom. The van der Waals surface area contributed by atoms with Crippen molar-refractivity contribution in [2.45, 2.75) is 39.2 Å². The van der Waals surface area contributed by atoms with Crippen LogP contribution in [0.3, 0.4) is 0 Å². The lowest BCUT2D eigenvalue weighted by atomic mass is 9.97. The third-order valence-corrected chi connectivity index (χ3v) is 5.03. The Balaban J connectivity index is 1.47. The number of anilines is 1.